The van der Waals surface area contributed by atoms with E-state index in [9.17, 15) is 14.4 Å². The molecule has 0 fully saturated rings. The fourth-order valence-corrected chi connectivity index (χ4v) is 2.67. The number of aryl methyl sites for hydroxylation is 2. The Labute approximate surface area is 150 Å². The van der Waals surface area contributed by atoms with Gasteiger partial charge in [-0.15, -0.1) is 0 Å². The molecule has 26 heavy (non-hydrogen) atoms. The summed E-state index contributed by atoms with van der Waals surface area (Å²) in [5.74, 6) is -0.289. The number of nitrogens with one attached hydrogen (secondary N) is 1. The topological polar surface area (TPSA) is 113 Å². The zero-order valence-electron chi connectivity index (χ0n) is 15.1. The quantitative estimate of drug-likeness (QED) is 0.805. The highest BCUT2D eigenvalue weighted by molar-refractivity contribution is 5.94. The molecule has 0 unspecified atom stereocenters. The first kappa shape index (κ1) is 19.0. The second-order valence-electron chi connectivity index (χ2n) is 5.71. The molecule has 1 aromatic carbocycles. The number of anilines is 1. The van der Waals surface area contributed by atoms with Gasteiger partial charge in [0.05, 0.1) is 19.9 Å². The zero-order valence-corrected chi connectivity index (χ0v) is 15.1. The Morgan fingerprint density at radius 1 is 1.15 bits per heavy atom. The summed E-state index contributed by atoms with van der Waals surface area (Å²) >= 11 is 0. The maximum absolute atomic E-state index is 12.5. The lowest BCUT2D eigenvalue weighted by molar-refractivity contribution is -0.116. The van der Waals surface area contributed by atoms with E-state index in [-0.39, 0.29) is 12.1 Å². The summed E-state index contributed by atoms with van der Waals surface area (Å²) in [6, 6.07) is 6.60. The molecule has 0 saturated heterocycles. The van der Waals surface area contributed by atoms with Gasteiger partial charge in [0.1, 0.15) is 23.6 Å². The van der Waals surface area contributed by atoms with Crippen LogP contribution in [0, 0.1) is 13.8 Å². The van der Waals surface area contributed by atoms with Crippen LogP contribution in [0.2, 0.25) is 0 Å². The lowest BCUT2D eigenvalue weighted by Gasteiger charge is -2.15. The summed E-state index contributed by atoms with van der Waals surface area (Å²) in [7, 11) is 2.99. The SMILES string of the molecule is COc1ccc(OC)c(NC(=O)Cn2c(C)cc(C)c(C(N)=O)c2=O)c1. The number of nitrogens with zero attached hydrogens (tertiary/aromatic N) is 1. The van der Waals surface area contributed by atoms with Gasteiger partial charge in [0.2, 0.25) is 5.91 Å². The van der Waals surface area contributed by atoms with E-state index in [2.05, 4.69) is 5.32 Å². The summed E-state index contributed by atoms with van der Waals surface area (Å²) < 4.78 is 11.5. The van der Waals surface area contributed by atoms with Crippen LogP contribution in [0.4, 0.5) is 5.69 Å². The van der Waals surface area contributed by atoms with Crippen molar-refractivity contribution in [3.63, 3.8) is 0 Å². The van der Waals surface area contributed by atoms with E-state index in [1.165, 1.54) is 18.8 Å². The number of ether oxygens (including phenoxy) is 2. The van der Waals surface area contributed by atoms with Crippen LogP contribution in [-0.2, 0) is 11.3 Å². The Balaban J connectivity index is 2.33. The van der Waals surface area contributed by atoms with Crippen molar-refractivity contribution < 1.29 is 19.1 Å². The fraction of sp³-hybridized carbons (Fsp3) is 0.278. The van der Waals surface area contributed by atoms with Gasteiger partial charge in [-0.1, -0.05) is 0 Å². The summed E-state index contributed by atoms with van der Waals surface area (Å²) in [6.45, 7) is 3.03. The molecule has 2 aromatic rings. The molecule has 0 radical (unpaired) electrons. The molecular formula is C18H21N3O5. The Bertz CT molecular complexity index is 918. The fourth-order valence-electron chi connectivity index (χ4n) is 2.67. The number of pyridine rings is 1. The molecule has 0 spiro atoms. The Kier molecular flexibility index (Phi) is 5.66. The molecule has 0 saturated carbocycles. The lowest BCUT2D eigenvalue weighted by Crippen LogP contribution is -2.35. The van der Waals surface area contributed by atoms with Crippen molar-refractivity contribution in [3.8, 4) is 11.5 Å². The van der Waals surface area contributed by atoms with E-state index in [1.807, 2.05) is 0 Å². The van der Waals surface area contributed by atoms with Gasteiger partial charge in [-0.25, -0.2) is 0 Å². The number of aromatic nitrogens is 1. The first-order valence-corrected chi connectivity index (χ1v) is 7.81. The third-order valence-corrected chi connectivity index (χ3v) is 3.93. The highest BCUT2D eigenvalue weighted by Gasteiger charge is 2.17. The van der Waals surface area contributed by atoms with Gasteiger partial charge in [-0.05, 0) is 37.6 Å². The van der Waals surface area contributed by atoms with Crippen molar-refractivity contribution in [1.82, 2.24) is 4.57 Å². The summed E-state index contributed by atoms with van der Waals surface area (Å²) in [5, 5.41) is 2.68. The second-order valence-corrected chi connectivity index (χ2v) is 5.71. The van der Waals surface area contributed by atoms with Crippen molar-refractivity contribution in [3.05, 3.63) is 51.4 Å². The Morgan fingerprint density at radius 2 is 1.85 bits per heavy atom. The van der Waals surface area contributed by atoms with Crippen molar-refractivity contribution in [2.75, 3.05) is 19.5 Å². The number of benzene rings is 1. The molecule has 0 atom stereocenters. The molecule has 8 nitrogen and oxygen atoms in total. The van der Waals surface area contributed by atoms with Crippen LogP contribution >= 0.6 is 0 Å². The van der Waals surface area contributed by atoms with Gasteiger partial charge in [0.15, 0.2) is 0 Å². The normalized spacial score (nSPS) is 10.3. The zero-order chi connectivity index (χ0) is 19.4. The van der Waals surface area contributed by atoms with Crippen molar-refractivity contribution in [1.29, 1.82) is 0 Å². The molecule has 1 heterocycles. The standard InChI is InChI=1S/C18H21N3O5/c1-10-7-11(2)21(18(24)16(10)17(19)23)9-15(22)20-13-8-12(25-3)5-6-14(13)26-4/h5-8H,9H2,1-4H3,(H2,19,23)(H,20,22). The molecule has 0 aliphatic heterocycles. The van der Waals surface area contributed by atoms with Crippen molar-refractivity contribution in [2.24, 2.45) is 5.73 Å². The number of primary amides is 1. The highest BCUT2D eigenvalue weighted by atomic mass is 16.5. The van der Waals surface area contributed by atoms with E-state index in [4.69, 9.17) is 15.2 Å². The van der Waals surface area contributed by atoms with Crippen molar-refractivity contribution >= 4 is 17.5 Å². The predicted molar refractivity (Wildman–Crippen MR) is 96.9 cm³/mol. The molecule has 0 aliphatic carbocycles. The highest BCUT2D eigenvalue weighted by Crippen LogP contribution is 2.28. The van der Waals surface area contributed by atoms with Crippen LogP contribution in [0.1, 0.15) is 21.6 Å². The van der Waals surface area contributed by atoms with Gasteiger partial charge < -0.3 is 25.1 Å². The number of rotatable bonds is 6. The first-order valence-electron chi connectivity index (χ1n) is 7.81. The summed E-state index contributed by atoms with van der Waals surface area (Å²) in [6.07, 6.45) is 0. The van der Waals surface area contributed by atoms with Crippen LogP contribution in [0.25, 0.3) is 0 Å². The van der Waals surface area contributed by atoms with E-state index >= 15 is 0 Å². The third kappa shape index (κ3) is 3.85. The van der Waals surface area contributed by atoms with E-state index in [1.54, 1.807) is 38.1 Å². The van der Waals surface area contributed by atoms with Crippen LogP contribution in [-0.4, -0.2) is 30.6 Å². The van der Waals surface area contributed by atoms with Gasteiger partial charge in [-0.3, -0.25) is 14.4 Å². The molecule has 2 rings (SSSR count). The number of hydrogen-bond donors (Lipinski definition) is 2. The average Bonchev–Trinajstić information content (AvgIpc) is 2.57. The molecular weight excluding hydrogens is 338 g/mol. The molecule has 3 N–H and O–H groups in total. The molecule has 0 bridgehead atoms. The van der Waals surface area contributed by atoms with E-state index in [0.717, 1.165) is 0 Å². The molecule has 0 aliphatic rings. The van der Waals surface area contributed by atoms with Gasteiger partial charge in [0.25, 0.3) is 11.5 Å². The van der Waals surface area contributed by atoms with Crippen LogP contribution in [0.15, 0.2) is 29.1 Å². The number of carbonyl (C=O) groups excluding carboxylic acids is 2. The van der Waals surface area contributed by atoms with Crippen LogP contribution < -0.4 is 26.1 Å². The molecule has 138 valence electrons. The summed E-state index contributed by atoms with van der Waals surface area (Å²) in [4.78, 5) is 36.5. The van der Waals surface area contributed by atoms with Crippen molar-refractivity contribution in [2.45, 2.75) is 20.4 Å². The van der Waals surface area contributed by atoms with E-state index < -0.39 is 17.4 Å². The molecule has 1 aromatic heterocycles. The lowest BCUT2D eigenvalue weighted by atomic mass is 10.1. The van der Waals surface area contributed by atoms with Gasteiger partial charge in [-0.2, -0.15) is 0 Å². The number of nitrogens with two attached hydrogens (primary N) is 1. The van der Waals surface area contributed by atoms with Crippen LogP contribution in [0.5, 0.6) is 11.5 Å². The number of carbonyl (C=O) groups is 2. The number of hydrogen-bond acceptors (Lipinski definition) is 5. The minimum absolute atomic E-state index is 0.123. The minimum atomic E-state index is -0.823. The van der Waals surface area contributed by atoms with Gasteiger partial charge >= 0.3 is 0 Å². The maximum atomic E-state index is 12.5. The third-order valence-electron chi connectivity index (χ3n) is 3.93. The van der Waals surface area contributed by atoms with Gasteiger partial charge in [0, 0.05) is 11.8 Å². The Hall–Kier alpha value is -3.29. The smallest absolute Gasteiger partial charge is 0.264 e. The Morgan fingerprint density at radius 3 is 2.42 bits per heavy atom. The predicted octanol–water partition coefficient (Wildman–Crippen LogP) is 1.22. The second kappa shape index (κ2) is 7.73. The summed E-state index contributed by atoms with van der Waals surface area (Å²) in [5.41, 5.74) is 5.99. The maximum Gasteiger partial charge on any atom is 0.264 e. The molecule has 2 amide bonds. The minimum Gasteiger partial charge on any atom is -0.497 e. The van der Waals surface area contributed by atoms with Crippen LogP contribution in [0.3, 0.4) is 0 Å². The first-order chi connectivity index (χ1) is 12.3. The average molecular weight is 359 g/mol. The number of amides is 2. The monoisotopic (exact) mass is 359 g/mol. The largest absolute Gasteiger partial charge is 0.497 e. The number of methoxy groups -OCH3 is 2. The molecule has 8 heteroatoms. The van der Waals surface area contributed by atoms with E-state index in [0.29, 0.717) is 28.4 Å².